The minimum atomic E-state index is -4.47. The lowest BCUT2D eigenvalue weighted by molar-refractivity contribution is -0.141. The van der Waals surface area contributed by atoms with Gasteiger partial charge in [0.25, 0.3) is 0 Å². The maximum Gasteiger partial charge on any atom is 0.435 e. The first-order chi connectivity index (χ1) is 7.86. The monoisotopic (exact) mass is 243 g/mol. The molecule has 0 aliphatic carbocycles. The van der Waals surface area contributed by atoms with Crippen molar-refractivity contribution in [3.8, 4) is 5.82 Å². The van der Waals surface area contributed by atoms with Crippen molar-refractivity contribution in [3.63, 3.8) is 0 Å². The number of anilines is 1. The number of halogens is 3. The highest BCUT2D eigenvalue weighted by atomic mass is 19.4. The number of aromatic nitrogens is 4. The Morgan fingerprint density at radius 2 is 2.00 bits per heavy atom. The van der Waals surface area contributed by atoms with Crippen LogP contribution < -0.4 is 5.73 Å². The van der Waals surface area contributed by atoms with Crippen molar-refractivity contribution in [2.24, 2.45) is 0 Å². The van der Waals surface area contributed by atoms with Crippen LogP contribution in [0.4, 0.5) is 19.1 Å². The van der Waals surface area contributed by atoms with Crippen LogP contribution >= 0.6 is 0 Å². The van der Waals surface area contributed by atoms with Gasteiger partial charge in [-0.05, 0) is 13.0 Å². The van der Waals surface area contributed by atoms with Gasteiger partial charge in [-0.15, -0.1) is 0 Å². The van der Waals surface area contributed by atoms with Crippen LogP contribution in [0.2, 0.25) is 0 Å². The molecule has 0 spiro atoms. The molecule has 2 heterocycles. The first kappa shape index (κ1) is 11.4. The topological polar surface area (TPSA) is 69.6 Å². The van der Waals surface area contributed by atoms with Gasteiger partial charge in [-0.3, -0.25) is 0 Å². The summed E-state index contributed by atoms with van der Waals surface area (Å²) >= 11 is 0. The number of aryl methyl sites for hydroxylation is 1. The predicted molar refractivity (Wildman–Crippen MR) is 53.3 cm³/mol. The standard InChI is InChI=1S/C9H8F3N5/c1-5-4-7(15-8(13)14-5)17-3-2-6(16-17)9(10,11)12/h2-4H,1H3,(H2,13,14,15). The molecule has 90 valence electrons. The molecule has 0 amide bonds. The second kappa shape index (κ2) is 3.72. The zero-order valence-corrected chi connectivity index (χ0v) is 8.73. The molecule has 17 heavy (non-hydrogen) atoms. The van der Waals surface area contributed by atoms with E-state index >= 15 is 0 Å². The normalized spacial score (nSPS) is 11.8. The fraction of sp³-hybridized carbons (Fsp3) is 0.222. The molecule has 0 atom stereocenters. The molecular formula is C9H8F3N5. The predicted octanol–water partition coefficient (Wildman–Crippen LogP) is 1.57. The van der Waals surface area contributed by atoms with Gasteiger partial charge in [-0.25, -0.2) is 9.67 Å². The highest BCUT2D eigenvalue weighted by molar-refractivity contribution is 5.31. The summed E-state index contributed by atoms with van der Waals surface area (Å²) in [6.45, 7) is 1.66. The fourth-order valence-electron chi connectivity index (χ4n) is 1.29. The average molecular weight is 243 g/mol. The SMILES string of the molecule is Cc1cc(-n2ccc(C(F)(F)F)n2)nc(N)n1. The van der Waals surface area contributed by atoms with Gasteiger partial charge in [0.1, 0.15) is 0 Å². The van der Waals surface area contributed by atoms with Crippen LogP contribution in [0, 0.1) is 6.92 Å². The van der Waals surface area contributed by atoms with Crippen molar-refractivity contribution < 1.29 is 13.2 Å². The van der Waals surface area contributed by atoms with E-state index in [4.69, 9.17) is 5.73 Å². The summed E-state index contributed by atoms with van der Waals surface area (Å²) in [5, 5.41) is 3.38. The number of hydrogen-bond donors (Lipinski definition) is 1. The molecule has 2 aromatic heterocycles. The molecule has 0 unspecified atom stereocenters. The summed E-state index contributed by atoms with van der Waals surface area (Å²) in [6, 6.07) is 2.36. The Balaban J connectivity index is 2.44. The maximum absolute atomic E-state index is 12.3. The molecule has 0 aliphatic rings. The lowest BCUT2D eigenvalue weighted by atomic mass is 10.4. The van der Waals surface area contributed by atoms with Crippen molar-refractivity contribution in [1.29, 1.82) is 0 Å². The lowest BCUT2D eigenvalue weighted by Crippen LogP contribution is -2.09. The second-order valence-corrected chi connectivity index (χ2v) is 3.37. The third-order valence-electron chi connectivity index (χ3n) is 1.97. The van der Waals surface area contributed by atoms with Gasteiger partial charge in [0.05, 0.1) is 0 Å². The van der Waals surface area contributed by atoms with Crippen molar-refractivity contribution in [2.45, 2.75) is 13.1 Å². The molecule has 5 nitrogen and oxygen atoms in total. The van der Waals surface area contributed by atoms with Gasteiger partial charge >= 0.3 is 6.18 Å². The van der Waals surface area contributed by atoms with Gasteiger partial charge in [-0.2, -0.15) is 23.3 Å². The Hall–Kier alpha value is -2.12. The summed E-state index contributed by atoms with van der Waals surface area (Å²) in [7, 11) is 0. The van der Waals surface area contributed by atoms with Crippen LogP contribution in [0.1, 0.15) is 11.4 Å². The van der Waals surface area contributed by atoms with Gasteiger partial charge < -0.3 is 5.73 Å². The third-order valence-corrected chi connectivity index (χ3v) is 1.97. The fourth-order valence-corrected chi connectivity index (χ4v) is 1.29. The van der Waals surface area contributed by atoms with Crippen LogP contribution in [-0.2, 0) is 6.18 Å². The molecule has 0 radical (unpaired) electrons. The summed E-state index contributed by atoms with van der Waals surface area (Å²) in [5.74, 6) is 0.189. The van der Waals surface area contributed by atoms with Crippen molar-refractivity contribution in [2.75, 3.05) is 5.73 Å². The molecule has 2 aromatic rings. The van der Waals surface area contributed by atoms with E-state index in [0.29, 0.717) is 5.69 Å². The summed E-state index contributed by atoms with van der Waals surface area (Å²) in [4.78, 5) is 7.62. The van der Waals surface area contributed by atoms with Crippen molar-refractivity contribution in [1.82, 2.24) is 19.7 Å². The summed E-state index contributed by atoms with van der Waals surface area (Å²) in [6.07, 6.45) is -3.30. The Bertz CT molecular complexity index is 526. The molecule has 0 bridgehead atoms. The smallest absolute Gasteiger partial charge is 0.368 e. The Morgan fingerprint density at radius 1 is 1.29 bits per heavy atom. The van der Waals surface area contributed by atoms with Gasteiger partial charge in [0, 0.05) is 18.0 Å². The van der Waals surface area contributed by atoms with E-state index in [1.807, 2.05) is 0 Å². The minimum Gasteiger partial charge on any atom is -0.368 e. The molecule has 2 rings (SSSR count). The van der Waals surface area contributed by atoms with E-state index in [2.05, 4.69) is 15.1 Å². The van der Waals surface area contributed by atoms with E-state index in [1.54, 1.807) is 6.92 Å². The van der Waals surface area contributed by atoms with E-state index in [1.165, 1.54) is 12.3 Å². The first-order valence-corrected chi connectivity index (χ1v) is 4.60. The third kappa shape index (κ3) is 2.35. The molecular weight excluding hydrogens is 235 g/mol. The van der Waals surface area contributed by atoms with Crippen LogP contribution in [-0.4, -0.2) is 19.7 Å². The summed E-state index contributed by atoms with van der Waals surface area (Å²) in [5.41, 5.74) is 4.98. The van der Waals surface area contributed by atoms with Crippen molar-refractivity contribution >= 4 is 5.95 Å². The summed E-state index contributed by atoms with van der Waals surface area (Å²) < 4.78 is 38.0. The Labute approximate surface area is 94.1 Å². The van der Waals surface area contributed by atoms with Gasteiger partial charge in [0.2, 0.25) is 5.95 Å². The van der Waals surface area contributed by atoms with Crippen LogP contribution in [0.15, 0.2) is 18.3 Å². The van der Waals surface area contributed by atoms with Gasteiger partial charge in [0.15, 0.2) is 11.5 Å². The molecule has 0 saturated carbocycles. The molecule has 0 saturated heterocycles. The highest BCUT2D eigenvalue weighted by Gasteiger charge is 2.33. The number of hydrogen-bond acceptors (Lipinski definition) is 4. The number of alkyl halides is 3. The van der Waals surface area contributed by atoms with Crippen LogP contribution in [0.3, 0.4) is 0 Å². The van der Waals surface area contributed by atoms with E-state index in [0.717, 1.165) is 10.7 Å². The van der Waals surface area contributed by atoms with E-state index in [-0.39, 0.29) is 11.8 Å². The number of nitrogen functional groups attached to an aromatic ring is 1. The maximum atomic E-state index is 12.3. The average Bonchev–Trinajstić information content (AvgIpc) is 2.63. The number of rotatable bonds is 1. The lowest BCUT2D eigenvalue weighted by Gasteiger charge is -2.03. The highest BCUT2D eigenvalue weighted by Crippen LogP contribution is 2.27. The molecule has 2 N–H and O–H groups in total. The zero-order valence-electron chi connectivity index (χ0n) is 8.73. The van der Waals surface area contributed by atoms with Crippen LogP contribution in [0.5, 0.6) is 0 Å². The van der Waals surface area contributed by atoms with Gasteiger partial charge in [-0.1, -0.05) is 0 Å². The van der Waals surface area contributed by atoms with E-state index < -0.39 is 11.9 Å². The molecule has 0 aromatic carbocycles. The Kier molecular flexibility index (Phi) is 2.49. The van der Waals surface area contributed by atoms with Crippen LogP contribution in [0.25, 0.3) is 5.82 Å². The second-order valence-electron chi connectivity index (χ2n) is 3.37. The quantitative estimate of drug-likeness (QED) is 0.825. The largest absolute Gasteiger partial charge is 0.435 e. The van der Waals surface area contributed by atoms with E-state index in [9.17, 15) is 13.2 Å². The first-order valence-electron chi connectivity index (χ1n) is 4.60. The molecule has 0 fully saturated rings. The molecule has 0 aliphatic heterocycles. The van der Waals surface area contributed by atoms with Crippen molar-refractivity contribution in [3.05, 3.63) is 29.7 Å². The molecule has 8 heteroatoms. The minimum absolute atomic E-state index is 0.0101. The Morgan fingerprint density at radius 3 is 2.53 bits per heavy atom. The zero-order chi connectivity index (χ0) is 12.6. The number of nitrogens with zero attached hydrogens (tertiary/aromatic N) is 4. The number of nitrogens with two attached hydrogens (primary N) is 1.